The molecule has 1 saturated heterocycles. The summed E-state index contributed by atoms with van der Waals surface area (Å²) in [6, 6.07) is 38.3. The third-order valence-electron chi connectivity index (χ3n) is 7.22. The second-order valence-electron chi connectivity index (χ2n) is 11.3. The summed E-state index contributed by atoms with van der Waals surface area (Å²) in [5.41, 5.74) is 3.43. The lowest BCUT2D eigenvalue weighted by atomic mass is 9.84. The third-order valence-corrected chi connectivity index (χ3v) is 9.15. The number of halogens is 1. The topological polar surface area (TPSA) is 49.9 Å². The number of thioether (sulfide) groups is 1. The van der Waals surface area contributed by atoms with Crippen LogP contribution in [0.15, 0.2) is 115 Å². The van der Waals surface area contributed by atoms with E-state index in [9.17, 15) is 9.59 Å². The molecule has 7 heteroatoms. The van der Waals surface area contributed by atoms with Crippen LogP contribution in [-0.2, 0) is 14.3 Å². The molecule has 4 aromatic carbocycles. The van der Waals surface area contributed by atoms with Gasteiger partial charge in [0, 0.05) is 23.0 Å². The Hall–Kier alpha value is -3.74. The molecule has 1 aliphatic rings. The fourth-order valence-corrected chi connectivity index (χ4v) is 7.15. The quantitative estimate of drug-likeness (QED) is 0.202. The minimum atomic E-state index is -0.691. The Morgan fingerprint density at radius 1 is 0.833 bits per heavy atom. The van der Waals surface area contributed by atoms with Crippen molar-refractivity contribution >= 4 is 41.1 Å². The number of amides is 2. The number of benzene rings is 4. The predicted octanol–water partition coefficient (Wildman–Crippen LogP) is 8.02. The summed E-state index contributed by atoms with van der Waals surface area (Å²) >= 11 is 8.06. The van der Waals surface area contributed by atoms with Gasteiger partial charge in [-0.3, -0.25) is 9.69 Å². The number of carbonyl (C=O) groups excluding carboxylic acids is 2. The van der Waals surface area contributed by atoms with E-state index in [1.54, 1.807) is 33.7 Å². The van der Waals surface area contributed by atoms with E-state index in [0.717, 1.165) is 16.7 Å². The van der Waals surface area contributed by atoms with Gasteiger partial charge in [-0.15, -0.1) is 11.8 Å². The lowest BCUT2D eigenvalue weighted by molar-refractivity contribution is -0.122. The van der Waals surface area contributed by atoms with E-state index < -0.39 is 16.4 Å². The molecule has 0 unspecified atom stereocenters. The third kappa shape index (κ3) is 6.50. The summed E-state index contributed by atoms with van der Waals surface area (Å²) in [5.74, 6) is 0.368. The molecule has 1 atom stereocenters. The lowest BCUT2D eigenvalue weighted by Crippen LogP contribution is -2.60. The summed E-state index contributed by atoms with van der Waals surface area (Å²) in [5, 5.41) is 0.553. The van der Waals surface area contributed by atoms with E-state index in [0.29, 0.717) is 23.0 Å². The van der Waals surface area contributed by atoms with Crippen LogP contribution in [0, 0.1) is 0 Å². The molecule has 0 bridgehead atoms. The highest BCUT2D eigenvalue weighted by molar-refractivity contribution is 8.00. The smallest absolute Gasteiger partial charge is 0.411 e. The summed E-state index contributed by atoms with van der Waals surface area (Å²) in [6.07, 6.45) is -0.489. The van der Waals surface area contributed by atoms with Crippen molar-refractivity contribution in [2.45, 2.75) is 37.2 Å². The van der Waals surface area contributed by atoms with Gasteiger partial charge in [-0.2, -0.15) is 0 Å². The van der Waals surface area contributed by atoms with Crippen molar-refractivity contribution in [2.75, 3.05) is 23.7 Å². The van der Waals surface area contributed by atoms with Crippen LogP contribution in [0.1, 0.15) is 37.5 Å². The molecule has 0 saturated carbocycles. The van der Waals surface area contributed by atoms with Crippen molar-refractivity contribution in [3.63, 3.8) is 0 Å². The van der Waals surface area contributed by atoms with Gasteiger partial charge in [0.25, 0.3) is 0 Å². The van der Waals surface area contributed by atoms with Gasteiger partial charge < -0.3 is 9.64 Å². The van der Waals surface area contributed by atoms with Crippen LogP contribution in [0.2, 0.25) is 5.02 Å². The van der Waals surface area contributed by atoms with Gasteiger partial charge in [0.15, 0.2) is 0 Å². The Bertz CT molecular complexity index is 1410. The second-order valence-corrected chi connectivity index (χ2v) is 13.0. The molecule has 0 aliphatic carbocycles. The van der Waals surface area contributed by atoms with Gasteiger partial charge in [0.2, 0.25) is 5.91 Å². The number of carbonyl (C=O) groups is 2. The Morgan fingerprint density at radius 3 is 1.83 bits per heavy atom. The van der Waals surface area contributed by atoms with E-state index >= 15 is 0 Å². The molecule has 4 aromatic rings. The van der Waals surface area contributed by atoms with E-state index in [1.165, 1.54) is 0 Å². The first-order valence-corrected chi connectivity index (χ1v) is 15.4. The van der Waals surface area contributed by atoms with Gasteiger partial charge in [-0.25, -0.2) is 4.79 Å². The minimum Gasteiger partial charge on any atom is -0.444 e. The summed E-state index contributed by atoms with van der Waals surface area (Å²) in [6.45, 7) is 5.75. The predicted molar refractivity (Wildman–Crippen MR) is 172 cm³/mol. The van der Waals surface area contributed by atoms with Gasteiger partial charge in [-0.1, -0.05) is 109 Å². The molecular formula is C35H35ClN2O3S. The molecule has 5 rings (SSSR count). The lowest BCUT2D eigenvalue weighted by Gasteiger charge is -2.43. The Balaban J connectivity index is 1.57. The first-order valence-electron chi connectivity index (χ1n) is 14.0. The summed E-state index contributed by atoms with van der Waals surface area (Å²) in [4.78, 5) is 30.2. The molecular weight excluding hydrogens is 564 g/mol. The average molecular weight is 599 g/mol. The number of piperazine rings is 1. The monoisotopic (exact) mass is 598 g/mol. The zero-order valence-electron chi connectivity index (χ0n) is 24.1. The molecule has 1 heterocycles. The summed E-state index contributed by atoms with van der Waals surface area (Å²) in [7, 11) is 0. The zero-order chi connectivity index (χ0) is 29.7. The number of hydrogen-bond acceptors (Lipinski definition) is 4. The van der Waals surface area contributed by atoms with Crippen molar-refractivity contribution in [3.8, 4) is 0 Å². The van der Waals surface area contributed by atoms with Crippen molar-refractivity contribution in [1.29, 1.82) is 0 Å². The van der Waals surface area contributed by atoms with E-state index in [4.69, 9.17) is 16.3 Å². The fraction of sp³-hybridized carbons (Fsp3) is 0.257. The molecule has 42 heavy (non-hydrogen) atoms. The van der Waals surface area contributed by atoms with Gasteiger partial charge in [-0.05, 0) is 55.7 Å². The minimum absolute atomic E-state index is 0.0817. The first-order chi connectivity index (χ1) is 20.2. The van der Waals surface area contributed by atoms with Crippen molar-refractivity contribution in [2.24, 2.45) is 0 Å². The van der Waals surface area contributed by atoms with Crippen LogP contribution in [0.25, 0.3) is 0 Å². The van der Waals surface area contributed by atoms with E-state index in [1.807, 2.05) is 51.1 Å². The first kappa shape index (κ1) is 29.7. The van der Waals surface area contributed by atoms with Crippen LogP contribution in [0.3, 0.4) is 0 Å². The van der Waals surface area contributed by atoms with Gasteiger partial charge in [0.1, 0.15) is 12.1 Å². The van der Waals surface area contributed by atoms with E-state index in [-0.39, 0.29) is 18.5 Å². The molecule has 1 fully saturated rings. The molecule has 0 radical (unpaired) electrons. The molecule has 1 aliphatic heterocycles. The van der Waals surface area contributed by atoms with Crippen molar-refractivity contribution in [3.05, 3.63) is 137 Å². The molecule has 2 amide bonds. The highest BCUT2D eigenvalue weighted by Crippen LogP contribution is 2.49. The average Bonchev–Trinajstić information content (AvgIpc) is 2.98. The molecule has 216 valence electrons. The highest BCUT2D eigenvalue weighted by atomic mass is 35.5. The fourth-order valence-electron chi connectivity index (χ4n) is 5.33. The van der Waals surface area contributed by atoms with Crippen LogP contribution in [0.5, 0.6) is 0 Å². The summed E-state index contributed by atoms with van der Waals surface area (Å²) < 4.78 is 5.22. The van der Waals surface area contributed by atoms with Crippen LogP contribution in [0.4, 0.5) is 10.5 Å². The number of rotatable bonds is 7. The Labute approximate surface area is 257 Å². The van der Waals surface area contributed by atoms with Crippen molar-refractivity contribution < 1.29 is 14.3 Å². The Morgan fingerprint density at radius 2 is 1.36 bits per heavy atom. The maximum absolute atomic E-state index is 13.5. The molecule has 0 spiro atoms. The van der Waals surface area contributed by atoms with Gasteiger partial charge >= 0.3 is 6.09 Å². The number of hydrogen-bond donors (Lipinski definition) is 0. The maximum atomic E-state index is 13.5. The van der Waals surface area contributed by atoms with Crippen LogP contribution >= 0.6 is 23.4 Å². The number of ether oxygens (including phenoxy) is 1. The standard InChI is InChI=1S/C35H35ClN2O3S/c1-34(2,3)41-33(40)38-24-32(39)37(30-21-13-20-29(36)22-30)23-31(38)25-42-35(26-14-7-4-8-15-26,27-16-9-5-10-17-27)28-18-11-6-12-19-28/h4-22,31H,23-25H2,1-3H3/t31-/m0/s1. The normalized spacial score (nSPS) is 15.9. The number of nitrogens with zero attached hydrogens (tertiary/aromatic N) is 2. The Kier molecular flexibility index (Phi) is 8.95. The van der Waals surface area contributed by atoms with E-state index in [2.05, 4.69) is 72.8 Å². The second kappa shape index (κ2) is 12.6. The molecule has 0 aromatic heterocycles. The van der Waals surface area contributed by atoms with Crippen LogP contribution in [-0.4, -0.2) is 47.4 Å². The SMILES string of the molecule is CC(C)(C)OC(=O)N1CC(=O)N(c2cccc(Cl)c2)C[C@H]1CSC(c1ccccc1)(c1ccccc1)c1ccccc1. The largest absolute Gasteiger partial charge is 0.444 e. The van der Waals surface area contributed by atoms with Crippen LogP contribution < -0.4 is 4.90 Å². The highest BCUT2D eigenvalue weighted by Gasteiger charge is 2.42. The zero-order valence-corrected chi connectivity index (χ0v) is 25.6. The molecule has 5 nitrogen and oxygen atoms in total. The number of anilines is 1. The van der Waals surface area contributed by atoms with Gasteiger partial charge in [0.05, 0.1) is 10.8 Å². The van der Waals surface area contributed by atoms with Crippen molar-refractivity contribution in [1.82, 2.24) is 4.90 Å². The molecule has 0 N–H and O–H groups in total. The maximum Gasteiger partial charge on any atom is 0.411 e.